The molecule has 1 aromatic carbocycles. The molecular weight excluding hydrogens is 324 g/mol. The van der Waals surface area contributed by atoms with Gasteiger partial charge >= 0.3 is 0 Å². The maximum Gasteiger partial charge on any atom is 0.203 e. The van der Waals surface area contributed by atoms with Crippen molar-refractivity contribution in [1.82, 2.24) is 0 Å². The third kappa shape index (κ3) is 2.70. The second kappa shape index (κ2) is 5.21. The molecule has 0 radical (unpaired) electrons. The van der Waals surface area contributed by atoms with Gasteiger partial charge in [0.2, 0.25) is 5.78 Å². The number of carbonyl (C=O) groups is 1. The first-order valence-electron chi connectivity index (χ1n) is 4.75. The van der Waals surface area contributed by atoms with Gasteiger partial charge in [0.15, 0.2) is 0 Å². The molecule has 0 fully saturated rings. The lowest BCUT2D eigenvalue weighted by Gasteiger charge is -2.04. The number of hydrogen-bond acceptors (Lipinski definition) is 3. The van der Waals surface area contributed by atoms with Crippen LogP contribution in [0.4, 0.5) is 0 Å². The van der Waals surface area contributed by atoms with Crippen molar-refractivity contribution in [3.8, 4) is 5.75 Å². The number of rotatable bonds is 3. The van der Waals surface area contributed by atoms with Crippen LogP contribution in [0.15, 0.2) is 34.1 Å². The molecule has 88 valence electrons. The number of ether oxygens (including phenoxy) is 1. The molecule has 17 heavy (non-hydrogen) atoms. The molecule has 2 aromatic rings. The van der Waals surface area contributed by atoms with E-state index in [9.17, 15) is 4.79 Å². The topological polar surface area (TPSA) is 26.3 Å². The third-order valence-electron chi connectivity index (χ3n) is 2.21. The minimum absolute atomic E-state index is 0.0318. The predicted octanol–water partition coefficient (Wildman–Crippen LogP) is 4.40. The van der Waals surface area contributed by atoms with Crippen LogP contribution in [-0.4, -0.2) is 12.9 Å². The summed E-state index contributed by atoms with van der Waals surface area (Å²) in [5.74, 6) is 0.476. The maximum absolute atomic E-state index is 12.1. The molecule has 0 saturated heterocycles. The highest BCUT2D eigenvalue weighted by atomic mass is 79.9. The van der Waals surface area contributed by atoms with Gasteiger partial charge in [-0.05, 0) is 46.3 Å². The summed E-state index contributed by atoms with van der Waals surface area (Å²) >= 11 is 10.6. The van der Waals surface area contributed by atoms with E-state index in [2.05, 4.69) is 15.9 Å². The standard InChI is InChI=1S/C12H8BrClO2S/c1-16-9-6-7(2-3-8(9)14)12(15)10-4-5-11(13)17-10/h2-6H,1H3. The lowest BCUT2D eigenvalue weighted by atomic mass is 10.1. The molecule has 0 spiro atoms. The highest BCUT2D eigenvalue weighted by Gasteiger charge is 2.13. The molecule has 0 aliphatic carbocycles. The van der Waals surface area contributed by atoms with Crippen molar-refractivity contribution in [1.29, 1.82) is 0 Å². The Labute approximate surface area is 116 Å². The molecule has 5 heteroatoms. The summed E-state index contributed by atoms with van der Waals surface area (Å²) in [6.07, 6.45) is 0. The van der Waals surface area contributed by atoms with Gasteiger partial charge in [-0.2, -0.15) is 0 Å². The van der Waals surface area contributed by atoms with Crippen LogP contribution < -0.4 is 4.74 Å². The molecule has 0 unspecified atom stereocenters. The Hall–Kier alpha value is -0.840. The van der Waals surface area contributed by atoms with Crippen molar-refractivity contribution in [2.75, 3.05) is 7.11 Å². The average Bonchev–Trinajstić information content (AvgIpc) is 2.75. The fraction of sp³-hybridized carbons (Fsp3) is 0.0833. The number of carbonyl (C=O) groups excluding carboxylic acids is 1. The van der Waals surface area contributed by atoms with E-state index >= 15 is 0 Å². The van der Waals surface area contributed by atoms with Gasteiger partial charge in [0.1, 0.15) is 5.75 Å². The van der Waals surface area contributed by atoms with Gasteiger partial charge in [-0.15, -0.1) is 11.3 Å². The zero-order valence-corrected chi connectivity index (χ0v) is 12.0. The van der Waals surface area contributed by atoms with Gasteiger partial charge in [0.05, 0.1) is 20.8 Å². The molecule has 0 aliphatic heterocycles. The number of ketones is 1. The second-order valence-electron chi connectivity index (χ2n) is 3.28. The quantitative estimate of drug-likeness (QED) is 0.779. The molecule has 0 bridgehead atoms. The molecule has 0 amide bonds. The zero-order chi connectivity index (χ0) is 12.4. The van der Waals surface area contributed by atoms with E-state index < -0.39 is 0 Å². The smallest absolute Gasteiger partial charge is 0.203 e. The SMILES string of the molecule is COc1cc(C(=O)c2ccc(Br)s2)ccc1Cl. The summed E-state index contributed by atoms with van der Waals surface area (Å²) in [6, 6.07) is 8.65. The number of methoxy groups -OCH3 is 1. The van der Waals surface area contributed by atoms with Crippen molar-refractivity contribution in [2.24, 2.45) is 0 Å². The van der Waals surface area contributed by atoms with E-state index in [-0.39, 0.29) is 5.78 Å². The highest BCUT2D eigenvalue weighted by Crippen LogP contribution is 2.28. The van der Waals surface area contributed by atoms with Crippen LogP contribution in [0.3, 0.4) is 0 Å². The summed E-state index contributed by atoms with van der Waals surface area (Å²) < 4.78 is 6.02. The monoisotopic (exact) mass is 330 g/mol. The fourth-order valence-corrected chi connectivity index (χ4v) is 2.92. The van der Waals surface area contributed by atoms with Crippen LogP contribution >= 0.6 is 38.9 Å². The van der Waals surface area contributed by atoms with E-state index in [4.69, 9.17) is 16.3 Å². The van der Waals surface area contributed by atoms with E-state index in [1.54, 1.807) is 24.3 Å². The number of thiophene rings is 1. The van der Waals surface area contributed by atoms with Crippen LogP contribution in [0, 0.1) is 0 Å². The summed E-state index contributed by atoms with van der Waals surface area (Å²) in [6.45, 7) is 0. The average molecular weight is 332 g/mol. The lowest BCUT2D eigenvalue weighted by molar-refractivity contribution is 0.104. The summed E-state index contributed by atoms with van der Waals surface area (Å²) in [5.41, 5.74) is 0.570. The van der Waals surface area contributed by atoms with Gasteiger partial charge < -0.3 is 4.74 Å². The van der Waals surface area contributed by atoms with Crippen molar-refractivity contribution < 1.29 is 9.53 Å². The van der Waals surface area contributed by atoms with Crippen LogP contribution in [0.1, 0.15) is 15.2 Å². The van der Waals surface area contributed by atoms with Crippen LogP contribution in [-0.2, 0) is 0 Å². The molecule has 1 heterocycles. The van der Waals surface area contributed by atoms with E-state index in [1.807, 2.05) is 6.07 Å². The van der Waals surface area contributed by atoms with Crippen molar-refractivity contribution >= 4 is 44.7 Å². The first-order chi connectivity index (χ1) is 8.11. The predicted molar refractivity (Wildman–Crippen MR) is 73.5 cm³/mol. The number of benzene rings is 1. The second-order valence-corrected chi connectivity index (χ2v) is 6.15. The molecule has 2 rings (SSSR count). The molecular formula is C12H8BrClO2S. The number of hydrogen-bond donors (Lipinski definition) is 0. The molecule has 0 N–H and O–H groups in total. The first kappa shape index (κ1) is 12.6. The molecule has 1 aromatic heterocycles. The third-order valence-corrected chi connectivity index (χ3v) is 4.14. The highest BCUT2D eigenvalue weighted by molar-refractivity contribution is 9.11. The molecule has 2 nitrogen and oxygen atoms in total. The van der Waals surface area contributed by atoms with Crippen LogP contribution in [0.5, 0.6) is 5.75 Å². The minimum Gasteiger partial charge on any atom is -0.495 e. The maximum atomic E-state index is 12.1. The Bertz CT molecular complexity index is 565. The van der Waals surface area contributed by atoms with Crippen molar-refractivity contribution in [2.45, 2.75) is 0 Å². The Balaban J connectivity index is 2.37. The molecule has 0 aliphatic rings. The normalized spacial score (nSPS) is 10.3. The van der Waals surface area contributed by atoms with E-state index in [0.29, 0.717) is 21.2 Å². The van der Waals surface area contributed by atoms with Gasteiger partial charge in [-0.1, -0.05) is 11.6 Å². The Morgan fingerprint density at radius 1 is 1.35 bits per heavy atom. The summed E-state index contributed by atoms with van der Waals surface area (Å²) in [7, 11) is 1.52. The van der Waals surface area contributed by atoms with E-state index in [0.717, 1.165) is 3.79 Å². The molecule has 0 atom stereocenters. The van der Waals surface area contributed by atoms with Crippen LogP contribution in [0.25, 0.3) is 0 Å². The largest absolute Gasteiger partial charge is 0.495 e. The van der Waals surface area contributed by atoms with Gasteiger partial charge in [-0.25, -0.2) is 0 Å². The van der Waals surface area contributed by atoms with E-state index in [1.165, 1.54) is 18.4 Å². The Morgan fingerprint density at radius 3 is 2.71 bits per heavy atom. The van der Waals surface area contributed by atoms with Crippen molar-refractivity contribution in [3.05, 3.63) is 49.6 Å². The Morgan fingerprint density at radius 2 is 2.12 bits per heavy atom. The van der Waals surface area contributed by atoms with Gasteiger partial charge in [-0.3, -0.25) is 4.79 Å². The first-order valence-corrected chi connectivity index (χ1v) is 6.74. The minimum atomic E-state index is -0.0318. The van der Waals surface area contributed by atoms with Gasteiger partial charge in [0, 0.05) is 5.56 Å². The number of halogens is 2. The van der Waals surface area contributed by atoms with Crippen molar-refractivity contribution in [3.63, 3.8) is 0 Å². The summed E-state index contributed by atoms with van der Waals surface area (Å²) in [4.78, 5) is 12.8. The zero-order valence-electron chi connectivity index (χ0n) is 8.87. The molecule has 0 saturated carbocycles. The summed E-state index contributed by atoms with van der Waals surface area (Å²) in [5, 5.41) is 0.497. The van der Waals surface area contributed by atoms with Gasteiger partial charge in [0.25, 0.3) is 0 Å². The lowest BCUT2D eigenvalue weighted by Crippen LogP contribution is -1.99. The fourth-order valence-electron chi connectivity index (χ4n) is 1.38. The van der Waals surface area contributed by atoms with Crippen LogP contribution in [0.2, 0.25) is 5.02 Å². The Kier molecular flexibility index (Phi) is 3.86.